The standard InChI is InChI=1S/C20H33N5O3S/c1-16-21-19(15-22(16)2)29(27,28)25-9-7-17(8-10-25)20(26)24-13-11-23(12-14-24)18-5-3-4-6-18/h15,17-18H,3-14H2,1-2H3. The van der Waals surface area contributed by atoms with Crippen LogP contribution in [0.1, 0.15) is 44.3 Å². The van der Waals surface area contributed by atoms with Gasteiger partial charge in [-0.25, -0.2) is 13.4 Å². The van der Waals surface area contributed by atoms with Gasteiger partial charge in [-0.2, -0.15) is 4.31 Å². The first kappa shape index (κ1) is 20.8. The van der Waals surface area contributed by atoms with E-state index >= 15 is 0 Å². The molecular weight excluding hydrogens is 390 g/mol. The molecule has 29 heavy (non-hydrogen) atoms. The molecule has 0 atom stereocenters. The third-order valence-corrected chi connectivity index (χ3v) is 8.73. The highest BCUT2D eigenvalue weighted by Gasteiger charge is 2.36. The van der Waals surface area contributed by atoms with Crippen LogP contribution in [0.3, 0.4) is 0 Å². The molecule has 0 bridgehead atoms. The van der Waals surface area contributed by atoms with Crippen LogP contribution in [0.2, 0.25) is 0 Å². The lowest BCUT2D eigenvalue weighted by Gasteiger charge is -2.40. The molecule has 9 heteroatoms. The fourth-order valence-electron chi connectivity index (χ4n) is 4.96. The first-order valence-corrected chi connectivity index (χ1v) is 12.3. The summed E-state index contributed by atoms with van der Waals surface area (Å²) in [4.78, 5) is 21.7. The molecule has 0 aromatic carbocycles. The number of imidazole rings is 1. The van der Waals surface area contributed by atoms with Gasteiger partial charge in [-0.1, -0.05) is 12.8 Å². The van der Waals surface area contributed by atoms with E-state index < -0.39 is 10.0 Å². The van der Waals surface area contributed by atoms with E-state index in [0.717, 1.165) is 32.2 Å². The van der Waals surface area contributed by atoms with Gasteiger partial charge in [0.05, 0.1) is 0 Å². The molecule has 1 saturated carbocycles. The summed E-state index contributed by atoms with van der Waals surface area (Å²) in [6.45, 7) is 6.12. The average Bonchev–Trinajstić information content (AvgIpc) is 3.38. The monoisotopic (exact) mass is 423 g/mol. The van der Waals surface area contributed by atoms with E-state index in [2.05, 4.69) is 9.88 Å². The van der Waals surface area contributed by atoms with E-state index in [1.54, 1.807) is 24.7 Å². The van der Waals surface area contributed by atoms with Crippen molar-refractivity contribution in [2.45, 2.75) is 56.5 Å². The van der Waals surface area contributed by atoms with Crippen molar-refractivity contribution in [3.05, 3.63) is 12.0 Å². The maximum atomic E-state index is 13.0. The van der Waals surface area contributed by atoms with Gasteiger partial charge in [0.15, 0.2) is 5.03 Å². The summed E-state index contributed by atoms with van der Waals surface area (Å²) < 4.78 is 28.9. The summed E-state index contributed by atoms with van der Waals surface area (Å²) >= 11 is 0. The van der Waals surface area contributed by atoms with Gasteiger partial charge < -0.3 is 9.47 Å². The Bertz CT molecular complexity index is 811. The summed E-state index contributed by atoms with van der Waals surface area (Å²) in [6, 6.07) is 0.718. The number of hydrogen-bond donors (Lipinski definition) is 0. The molecule has 1 amide bonds. The fourth-order valence-corrected chi connectivity index (χ4v) is 6.46. The minimum atomic E-state index is -3.58. The molecule has 3 aliphatic rings. The Morgan fingerprint density at radius 1 is 1.00 bits per heavy atom. The molecule has 1 aromatic rings. The van der Waals surface area contributed by atoms with Crippen LogP contribution in [0.4, 0.5) is 0 Å². The number of amides is 1. The predicted octanol–water partition coefficient (Wildman–Crippen LogP) is 1.22. The Morgan fingerprint density at radius 2 is 1.62 bits per heavy atom. The first-order chi connectivity index (χ1) is 13.9. The Balaban J connectivity index is 1.29. The Labute approximate surface area is 173 Å². The number of hydrogen-bond acceptors (Lipinski definition) is 5. The van der Waals surface area contributed by atoms with Crippen molar-refractivity contribution >= 4 is 15.9 Å². The summed E-state index contributed by atoms with van der Waals surface area (Å²) in [7, 11) is -1.79. The predicted molar refractivity (Wildman–Crippen MR) is 110 cm³/mol. The van der Waals surface area contributed by atoms with Crippen molar-refractivity contribution in [3.63, 3.8) is 0 Å². The number of rotatable bonds is 4. The molecule has 2 saturated heterocycles. The number of carbonyl (C=O) groups excluding carboxylic acids is 1. The van der Waals surface area contributed by atoms with Gasteiger partial charge in [-0.15, -0.1) is 0 Å². The number of piperazine rings is 1. The molecule has 0 unspecified atom stereocenters. The van der Waals surface area contributed by atoms with Crippen LogP contribution in [0.15, 0.2) is 11.2 Å². The number of sulfonamides is 1. The molecule has 3 heterocycles. The summed E-state index contributed by atoms with van der Waals surface area (Å²) in [5.41, 5.74) is 0. The van der Waals surface area contributed by atoms with Gasteiger partial charge in [-0.05, 0) is 32.6 Å². The molecule has 4 rings (SSSR count). The average molecular weight is 424 g/mol. The Morgan fingerprint density at radius 3 is 2.17 bits per heavy atom. The summed E-state index contributed by atoms with van der Waals surface area (Å²) in [5, 5.41) is 0.102. The molecule has 1 aliphatic carbocycles. The van der Waals surface area contributed by atoms with E-state index in [9.17, 15) is 13.2 Å². The summed E-state index contributed by atoms with van der Waals surface area (Å²) in [6.07, 6.45) is 8.02. The zero-order valence-corrected chi connectivity index (χ0v) is 18.4. The van der Waals surface area contributed by atoms with Crippen molar-refractivity contribution in [1.29, 1.82) is 0 Å². The highest BCUT2D eigenvalue weighted by atomic mass is 32.2. The van der Waals surface area contributed by atoms with Crippen LogP contribution in [0, 0.1) is 12.8 Å². The van der Waals surface area contributed by atoms with Crippen molar-refractivity contribution in [2.75, 3.05) is 39.3 Å². The van der Waals surface area contributed by atoms with Crippen LogP contribution in [0.25, 0.3) is 0 Å². The molecule has 162 valence electrons. The maximum absolute atomic E-state index is 13.0. The third kappa shape index (κ3) is 4.22. The molecule has 1 aromatic heterocycles. The first-order valence-electron chi connectivity index (χ1n) is 10.9. The lowest BCUT2D eigenvalue weighted by atomic mass is 9.96. The van der Waals surface area contributed by atoms with Crippen molar-refractivity contribution in [3.8, 4) is 0 Å². The molecule has 8 nitrogen and oxygen atoms in total. The second kappa shape index (κ2) is 8.35. The lowest BCUT2D eigenvalue weighted by molar-refractivity contribution is -0.138. The molecule has 0 spiro atoms. The number of carbonyl (C=O) groups is 1. The second-order valence-corrected chi connectivity index (χ2v) is 10.6. The normalized spacial score (nSPS) is 23.7. The lowest BCUT2D eigenvalue weighted by Crippen LogP contribution is -2.53. The number of nitrogens with zero attached hydrogens (tertiary/aromatic N) is 5. The Hall–Kier alpha value is -1.45. The van der Waals surface area contributed by atoms with E-state index in [-0.39, 0.29) is 16.9 Å². The highest BCUT2D eigenvalue weighted by Crippen LogP contribution is 2.27. The molecule has 3 fully saturated rings. The van der Waals surface area contributed by atoms with Crippen molar-refractivity contribution in [2.24, 2.45) is 13.0 Å². The van der Waals surface area contributed by atoms with Crippen molar-refractivity contribution in [1.82, 2.24) is 23.7 Å². The molecular formula is C20H33N5O3S. The quantitative estimate of drug-likeness (QED) is 0.728. The Kier molecular flexibility index (Phi) is 5.99. The largest absolute Gasteiger partial charge is 0.340 e. The molecule has 0 radical (unpaired) electrons. The minimum Gasteiger partial charge on any atom is -0.340 e. The van der Waals surface area contributed by atoms with Gasteiger partial charge in [0.25, 0.3) is 10.0 Å². The molecule has 2 aliphatic heterocycles. The second-order valence-electron chi connectivity index (χ2n) is 8.72. The van der Waals surface area contributed by atoms with Gasteiger partial charge in [0.2, 0.25) is 5.91 Å². The highest BCUT2D eigenvalue weighted by molar-refractivity contribution is 7.89. The van der Waals surface area contributed by atoms with Gasteiger partial charge in [0.1, 0.15) is 5.82 Å². The van der Waals surface area contributed by atoms with E-state index in [0.29, 0.717) is 31.8 Å². The fraction of sp³-hybridized carbons (Fsp3) is 0.800. The topological polar surface area (TPSA) is 78.8 Å². The number of aromatic nitrogens is 2. The zero-order valence-electron chi connectivity index (χ0n) is 17.6. The van der Waals surface area contributed by atoms with Gasteiger partial charge >= 0.3 is 0 Å². The number of aryl methyl sites for hydroxylation is 2. The van der Waals surface area contributed by atoms with Crippen LogP contribution in [0.5, 0.6) is 0 Å². The van der Waals surface area contributed by atoms with Crippen molar-refractivity contribution < 1.29 is 13.2 Å². The maximum Gasteiger partial charge on any atom is 0.262 e. The van der Waals surface area contributed by atoms with Crippen LogP contribution in [-0.4, -0.2) is 83.3 Å². The van der Waals surface area contributed by atoms with Crippen LogP contribution < -0.4 is 0 Å². The van der Waals surface area contributed by atoms with Crippen LogP contribution >= 0.6 is 0 Å². The summed E-state index contributed by atoms with van der Waals surface area (Å²) in [5.74, 6) is 0.817. The minimum absolute atomic E-state index is 0.0649. The third-order valence-electron chi connectivity index (χ3n) is 6.96. The van der Waals surface area contributed by atoms with Gasteiger partial charge in [-0.3, -0.25) is 9.69 Å². The SMILES string of the molecule is Cc1nc(S(=O)(=O)N2CCC(C(=O)N3CCN(C4CCCC4)CC3)CC2)cn1C. The molecule has 0 N–H and O–H groups in total. The van der Waals surface area contributed by atoms with Gasteiger partial charge in [0, 0.05) is 64.5 Å². The van der Waals surface area contributed by atoms with E-state index in [1.165, 1.54) is 30.0 Å². The van der Waals surface area contributed by atoms with Crippen LogP contribution in [-0.2, 0) is 21.9 Å². The van der Waals surface area contributed by atoms with E-state index in [1.807, 2.05) is 4.90 Å². The van der Waals surface area contributed by atoms with E-state index in [4.69, 9.17) is 0 Å². The smallest absolute Gasteiger partial charge is 0.262 e. The number of piperidine rings is 1. The zero-order chi connectivity index (χ0) is 20.6.